The van der Waals surface area contributed by atoms with Gasteiger partial charge < -0.3 is 10.1 Å². The van der Waals surface area contributed by atoms with E-state index in [4.69, 9.17) is 4.74 Å². The van der Waals surface area contributed by atoms with E-state index in [2.05, 4.69) is 15.6 Å². The van der Waals surface area contributed by atoms with Gasteiger partial charge in [-0.2, -0.15) is 8.42 Å². The average molecular weight is 509 g/mol. The molecule has 186 valence electrons. The summed E-state index contributed by atoms with van der Waals surface area (Å²) < 4.78 is 32.4. The number of rotatable bonds is 9. The first kappa shape index (κ1) is 27.7. The molecule has 2 aromatic carbocycles. The highest BCUT2D eigenvalue weighted by Gasteiger charge is 2.27. The van der Waals surface area contributed by atoms with Crippen LogP contribution in [0.5, 0.6) is 0 Å². The third kappa shape index (κ3) is 9.36. The van der Waals surface area contributed by atoms with Crippen LogP contribution in [0.25, 0.3) is 0 Å². The molecule has 0 saturated heterocycles. The van der Waals surface area contributed by atoms with Gasteiger partial charge in [0.2, 0.25) is 5.91 Å². The highest BCUT2D eigenvalue weighted by molar-refractivity contribution is 7.99. The van der Waals surface area contributed by atoms with Crippen LogP contribution in [0.4, 0.5) is 10.5 Å². The Labute approximate surface area is 206 Å². The van der Waals surface area contributed by atoms with Crippen LogP contribution < -0.4 is 10.2 Å². The van der Waals surface area contributed by atoms with E-state index < -0.39 is 27.7 Å². The van der Waals surface area contributed by atoms with Crippen LogP contribution in [0.15, 0.2) is 52.3 Å². The van der Waals surface area contributed by atoms with Crippen LogP contribution in [0.1, 0.15) is 31.9 Å². The molecule has 0 spiro atoms. The number of nitrogens with one attached hydrogen (secondary N) is 1. The molecule has 2 rings (SSSR count). The minimum atomic E-state index is -3.60. The molecule has 0 saturated carbocycles. The normalized spacial score (nSPS) is 11.7. The number of carbonyl (C=O) groups is 2. The zero-order chi connectivity index (χ0) is 25.5. The van der Waals surface area contributed by atoms with E-state index >= 15 is 0 Å². The van der Waals surface area contributed by atoms with Crippen LogP contribution in [0, 0.1) is 13.8 Å². The van der Waals surface area contributed by atoms with Crippen molar-refractivity contribution in [2.45, 2.75) is 50.0 Å². The summed E-state index contributed by atoms with van der Waals surface area (Å²) in [6, 6.07) is 13.4. The second-order valence-electron chi connectivity index (χ2n) is 8.78. The first-order valence-corrected chi connectivity index (χ1v) is 13.3. The van der Waals surface area contributed by atoms with Crippen molar-refractivity contribution in [1.82, 2.24) is 5.32 Å². The van der Waals surface area contributed by atoms with Crippen LogP contribution >= 0.6 is 11.8 Å². The molecule has 0 aliphatic heterocycles. The van der Waals surface area contributed by atoms with Gasteiger partial charge in [0.1, 0.15) is 12.1 Å². The third-order valence-electron chi connectivity index (χ3n) is 4.34. The molecular weight excluding hydrogens is 476 g/mol. The first-order valence-electron chi connectivity index (χ1n) is 10.7. The highest BCUT2D eigenvalue weighted by atomic mass is 32.2. The SMILES string of the molecule is Cc1ccc(Sc2ccccc2N(CC(=O)NCCOS(C)(=O)=O)C(=O)OC(C)(C)C)c(C)c1. The lowest BCUT2D eigenvalue weighted by Crippen LogP contribution is -2.44. The third-order valence-corrected chi connectivity index (χ3v) is 6.18. The van der Waals surface area contributed by atoms with E-state index in [1.165, 1.54) is 16.7 Å². The van der Waals surface area contributed by atoms with Crippen molar-refractivity contribution in [3.8, 4) is 0 Å². The largest absolute Gasteiger partial charge is 0.443 e. The van der Waals surface area contributed by atoms with Gasteiger partial charge in [0.05, 0.1) is 18.6 Å². The summed E-state index contributed by atoms with van der Waals surface area (Å²) in [5, 5.41) is 2.57. The Hall–Kier alpha value is -2.56. The summed E-state index contributed by atoms with van der Waals surface area (Å²) in [6.07, 6.45) is 0.271. The van der Waals surface area contributed by atoms with Gasteiger partial charge in [-0.05, 0) is 58.4 Å². The standard InChI is InChI=1S/C24H32N2O6S2/c1-17-11-12-20(18(2)15-17)33-21-10-8-7-9-19(21)26(23(28)32-24(3,4)5)16-22(27)25-13-14-31-34(6,29)30/h7-12,15H,13-14,16H2,1-6H3,(H,25,27). The zero-order valence-corrected chi connectivity index (χ0v) is 22.0. The lowest BCUT2D eigenvalue weighted by molar-refractivity contribution is -0.119. The van der Waals surface area contributed by atoms with Crippen LogP contribution in [0.3, 0.4) is 0 Å². The Kier molecular flexibility index (Phi) is 9.54. The molecule has 0 unspecified atom stereocenters. The van der Waals surface area contributed by atoms with Gasteiger partial charge in [0, 0.05) is 16.3 Å². The molecule has 0 atom stereocenters. The Morgan fingerprint density at radius 3 is 2.35 bits per heavy atom. The maximum absolute atomic E-state index is 13.1. The van der Waals surface area contributed by atoms with E-state index in [1.54, 1.807) is 32.9 Å². The summed E-state index contributed by atoms with van der Waals surface area (Å²) in [6.45, 7) is 8.78. The van der Waals surface area contributed by atoms with E-state index in [0.717, 1.165) is 27.2 Å². The summed E-state index contributed by atoms with van der Waals surface area (Å²) in [5.74, 6) is -0.478. The van der Waals surface area contributed by atoms with Crippen molar-refractivity contribution in [3.63, 3.8) is 0 Å². The molecule has 0 aliphatic carbocycles. The molecule has 0 radical (unpaired) electrons. The number of aryl methyl sites for hydroxylation is 2. The molecule has 2 amide bonds. The monoisotopic (exact) mass is 508 g/mol. The fourth-order valence-corrected chi connectivity index (χ4v) is 4.36. The molecule has 0 aliphatic rings. The van der Waals surface area contributed by atoms with Gasteiger partial charge in [0.15, 0.2) is 0 Å². The molecule has 0 heterocycles. The van der Waals surface area contributed by atoms with Gasteiger partial charge in [-0.3, -0.25) is 13.9 Å². The molecule has 2 aromatic rings. The Morgan fingerprint density at radius 2 is 1.74 bits per heavy atom. The molecule has 8 nitrogen and oxygen atoms in total. The number of amides is 2. The molecule has 10 heteroatoms. The molecule has 1 N–H and O–H groups in total. The number of ether oxygens (including phenoxy) is 1. The smallest absolute Gasteiger partial charge is 0.415 e. The van der Waals surface area contributed by atoms with Crippen molar-refractivity contribution in [3.05, 3.63) is 53.6 Å². The molecule has 0 aromatic heterocycles. The van der Waals surface area contributed by atoms with Gasteiger partial charge >= 0.3 is 6.09 Å². The van der Waals surface area contributed by atoms with E-state index in [-0.39, 0.29) is 19.7 Å². The van der Waals surface area contributed by atoms with E-state index in [1.807, 2.05) is 38.1 Å². The topological polar surface area (TPSA) is 102 Å². The quantitative estimate of drug-likeness (QED) is 0.398. The molecule has 0 bridgehead atoms. The van der Waals surface area contributed by atoms with Gasteiger partial charge in [-0.25, -0.2) is 4.79 Å². The van der Waals surface area contributed by atoms with Gasteiger partial charge in [-0.15, -0.1) is 0 Å². The second-order valence-corrected chi connectivity index (χ2v) is 11.5. The predicted molar refractivity (Wildman–Crippen MR) is 134 cm³/mol. The van der Waals surface area contributed by atoms with Crippen molar-refractivity contribution >= 4 is 39.6 Å². The number of para-hydroxylation sites is 1. The number of hydrogen-bond acceptors (Lipinski definition) is 7. The lowest BCUT2D eigenvalue weighted by Gasteiger charge is -2.28. The second kappa shape index (κ2) is 11.7. The minimum absolute atomic E-state index is 0.0208. The fraction of sp³-hybridized carbons (Fsp3) is 0.417. The number of nitrogens with zero attached hydrogens (tertiary/aromatic N) is 1. The van der Waals surface area contributed by atoms with Crippen molar-refractivity contribution in [2.24, 2.45) is 0 Å². The maximum atomic E-state index is 13.1. The van der Waals surface area contributed by atoms with E-state index in [9.17, 15) is 18.0 Å². The van der Waals surface area contributed by atoms with Crippen LogP contribution in [-0.2, 0) is 23.8 Å². The van der Waals surface area contributed by atoms with Crippen molar-refractivity contribution in [2.75, 3.05) is 30.9 Å². The van der Waals surface area contributed by atoms with Crippen LogP contribution in [0.2, 0.25) is 0 Å². The summed E-state index contributed by atoms with van der Waals surface area (Å²) in [4.78, 5) is 28.8. The lowest BCUT2D eigenvalue weighted by atomic mass is 10.2. The number of hydrogen-bond donors (Lipinski definition) is 1. The highest BCUT2D eigenvalue weighted by Crippen LogP contribution is 2.37. The molecule has 34 heavy (non-hydrogen) atoms. The van der Waals surface area contributed by atoms with Crippen molar-refractivity contribution < 1.29 is 26.9 Å². The van der Waals surface area contributed by atoms with E-state index in [0.29, 0.717) is 5.69 Å². The zero-order valence-electron chi connectivity index (χ0n) is 20.4. The fourth-order valence-electron chi connectivity index (χ4n) is 2.95. The Morgan fingerprint density at radius 1 is 1.06 bits per heavy atom. The summed E-state index contributed by atoms with van der Waals surface area (Å²) >= 11 is 1.50. The minimum Gasteiger partial charge on any atom is -0.443 e. The van der Waals surface area contributed by atoms with Crippen LogP contribution in [-0.4, -0.2) is 52.0 Å². The number of anilines is 1. The predicted octanol–water partition coefficient (Wildman–Crippen LogP) is 4.29. The van der Waals surface area contributed by atoms with Crippen molar-refractivity contribution in [1.29, 1.82) is 0 Å². The maximum Gasteiger partial charge on any atom is 0.415 e. The Bertz CT molecular complexity index is 1130. The summed E-state index contributed by atoms with van der Waals surface area (Å²) in [7, 11) is -3.60. The first-order chi connectivity index (χ1) is 15.7. The Balaban J connectivity index is 2.28. The molecular formula is C24H32N2O6S2. The summed E-state index contributed by atoms with van der Waals surface area (Å²) in [5.41, 5.74) is 2.03. The average Bonchev–Trinajstić information content (AvgIpc) is 2.70. The van der Waals surface area contributed by atoms with Gasteiger partial charge in [-0.1, -0.05) is 41.6 Å². The van der Waals surface area contributed by atoms with Gasteiger partial charge in [0.25, 0.3) is 10.1 Å². The molecule has 0 fully saturated rings. The number of carbonyl (C=O) groups excluding carboxylic acids is 2. The number of benzene rings is 2.